The highest BCUT2D eigenvalue weighted by atomic mass is 16.5. The number of rotatable bonds is 5. The van der Waals surface area contributed by atoms with Gasteiger partial charge in [-0.2, -0.15) is 0 Å². The number of likely N-dealkylation sites (N-methyl/N-ethyl adjacent to an activating group) is 1. The number of methoxy groups -OCH3 is 1. The second-order valence-electron chi connectivity index (χ2n) is 4.27. The van der Waals surface area contributed by atoms with Crippen molar-refractivity contribution in [1.29, 1.82) is 0 Å². The highest BCUT2D eigenvalue weighted by Gasteiger charge is 2.13. The normalized spacial score (nSPS) is 10.3. The Hall–Kier alpha value is -2.41. The van der Waals surface area contributed by atoms with Gasteiger partial charge < -0.3 is 15.4 Å². The third-order valence-corrected chi connectivity index (χ3v) is 2.91. The number of carbonyl (C=O) groups excluding carboxylic acids is 1. The van der Waals surface area contributed by atoms with Crippen LogP contribution >= 0.6 is 0 Å². The van der Waals surface area contributed by atoms with Crippen molar-refractivity contribution in [2.75, 3.05) is 19.1 Å². The lowest BCUT2D eigenvalue weighted by molar-refractivity contribution is -0.119. The number of aromatic nitrogens is 3. The first-order chi connectivity index (χ1) is 9.63. The minimum Gasteiger partial charge on any atom is -0.497 e. The van der Waals surface area contributed by atoms with Gasteiger partial charge in [-0.3, -0.25) is 4.79 Å². The average molecular weight is 275 g/mol. The molecule has 0 unspecified atom stereocenters. The summed E-state index contributed by atoms with van der Waals surface area (Å²) in [4.78, 5) is 13.7. The molecule has 0 radical (unpaired) electrons. The third kappa shape index (κ3) is 3.12. The van der Waals surface area contributed by atoms with Gasteiger partial charge in [-0.15, -0.1) is 5.10 Å². The van der Waals surface area contributed by atoms with Gasteiger partial charge in [-0.05, 0) is 12.1 Å². The molecule has 20 heavy (non-hydrogen) atoms. The maximum absolute atomic E-state index is 12.2. The highest BCUT2D eigenvalue weighted by molar-refractivity contribution is 5.92. The number of hydrogen-bond acceptors (Lipinski definition) is 5. The molecule has 0 saturated carbocycles. The molecular formula is C13H17N5O2. The van der Waals surface area contributed by atoms with Crippen LogP contribution in [0.5, 0.6) is 5.75 Å². The molecule has 2 N–H and O–H groups in total. The number of benzene rings is 1. The van der Waals surface area contributed by atoms with Gasteiger partial charge in [-0.1, -0.05) is 11.3 Å². The number of amides is 1. The van der Waals surface area contributed by atoms with Crippen molar-refractivity contribution in [3.8, 4) is 5.75 Å². The van der Waals surface area contributed by atoms with E-state index in [4.69, 9.17) is 10.5 Å². The SMILES string of the molecule is COc1cccc(N(C)C(=O)Cn2cc(CN)nn2)c1. The van der Waals surface area contributed by atoms with Gasteiger partial charge in [0.25, 0.3) is 0 Å². The fourth-order valence-electron chi connectivity index (χ4n) is 1.72. The fourth-order valence-corrected chi connectivity index (χ4v) is 1.72. The third-order valence-electron chi connectivity index (χ3n) is 2.91. The number of nitrogens with zero attached hydrogens (tertiary/aromatic N) is 4. The van der Waals surface area contributed by atoms with Crippen molar-refractivity contribution in [2.45, 2.75) is 13.1 Å². The van der Waals surface area contributed by atoms with E-state index in [9.17, 15) is 4.79 Å². The summed E-state index contributed by atoms with van der Waals surface area (Å²) in [7, 11) is 3.29. The van der Waals surface area contributed by atoms with E-state index in [1.54, 1.807) is 31.3 Å². The maximum Gasteiger partial charge on any atom is 0.248 e. The molecular weight excluding hydrogens is 258 g/mol. The van der Waals surface area contributed by atoms with Gasteiger partial charge in [0.1, 0.15) is 12.3 Å². The van der Waals surface area contributed by atoms with Crippen LogP contribution in [0.3, 0.4) is 0 Å². The number of hydrogen-bond donors (Lipinski definition) is 1. The van der Waals surface area contributed by atoms with E-state index in [0.29, 0.717) is 18.0 Å². The highest BCUT2D eigenvalue weighted by Crippen LogP contribution is 2.20. The topological polar surface area (TPSA) is 86.3 Å². The first-order valence-electron chi connectivity index (χ1n) is 6.13. The quantitative estimate of drug-likeness (QED) is 0.854. The molecule has 0 fully saturated rings. The van der Waals surface area contributed by atoms with Crippen LogP contribution in [0.2, 0.25) is 0 Å². The lowest BCUT2D eigenvalue weighted by Gasteiger charge is -2.17. The van der Waals surface area contributed by atoms with Crippen LogP contribution in [0.25, 0.3) is 0 Å². The van der Waals surface area contributed by atoms with Gasteiger partial charge in [0, 0.05) is 25.3 Å². The largest absolute Gasteiger partial charge is 0.497 e. The van der Waals surface area contributed by atoms with Crippen molar-refractivity contribution in [3.63, 3.8) is 0 Å². The molecule has 0 aliphatic heterocycles. The van der Waals surface area contributed by atoms with Crippen molar-refractivity contribution in [2.24, 2.45) is 5.73 Å². The van der Waals surface area contributed by atoms with E-state index in [1.807, 2.05) is 18.2 Å². The van der Waals surface area contributed by atoms with E-state index in [0.717, 1.165) is 5.69 Å². The van der Waals surface area contributed by atoms with Crippen LogP contribution in [0, 0.1) is 0 Å². The van der Waals surface area contributed by atoms with Crippen LogP contribution in [0.15, 0.2) is 30.5 Å². The zero-order valence-electron chi connectivity index (χ0n) is 11.5. The summed E-state index contributed by atoms with van der Waals surface area (Å²) in [5.41, 5.74) is 6.86. The van der Waals surface area contributed by atoms with Crippen LogP contribution < -0.4 is 15.4 Å². The lowest BCUT2D eigenvalue weighted by atomic mass is 10.2. The molecule has 0 bridgehead atoms. The van der Waals surface area contributed by atoms with E-state index < -0.39 is 0 Å². The molecule has 2 aromatic rings. The summed E-state index contributed by atoms with van der Waals surface area (Å²) in [5.74, 6) is 0.597. The van der Waals surface area contributed by atoms with Crippen molar-refractivity contribution in [1.82, 2.24) is 15.0 Å². The summed E-state index contributed by atoms with van der Waals surface area (Å²) < 4.78 is 6.61. The second-order valence-corrected chi connectivity index (χ2v) is 4.27. The Morgan fingerprint density at radius 2 is 2.30 bits per heavy atom. The Balaban J connectivity index is 2.07. The van der Waals surface area contributed by atoms with Crippen LogP contribution in [-0.2, 0) is 17.9 Å². The molecule has 106 valence electrons. The summed E-state index contributed by atoms with van der Waals surface area (Å²) in [6, 6.07) is 7.30. The van der Waals surface area contributed by atoms with Gasteiger partial charge in [0.05, 0.1) is 19.0 Å². The minimum absolute atomic E-state index is 0.105. The molecule has 0 saturated heterocycles. The molecule has 1 aromatic carbocycles. The molecule has 1 heterocycles. The fraction of sp³-hybridized carbons (Fsp3) is 0.308. The number of anilines is 1. The van der Waals surface area contributed by atoms with Gasteiger partial charge >= 0.3 is 0 Å². The first kappa shape index (κ1) is 14.0. The van der Waals surface area contributed by atoms with Gasteiger partial charge in [0.15, 0.2) is 0 Å². The molecule has 0 aliphatic rings. The van der Waals surface area contributed by atoms with E-state index >= 15 is 0 Å². The summed E-state index contributed by atoms with van der Waals surface area (Å²) >= 11 is 0. The lowest BCUT2D eigenvalue weighted by Crippen LogP contribution is -2.30. The van der Waals surface area contributed by atoms with Crippen LogP contribution in [-0.4, -0.2) is 35.1 Å². The molecule has 0 spiro atoms. The number of nitrogens with two attached hydrogens (primary N) is 1. The molecule has 7 heteroatoms. The molecule has 1 amide bonds. The molecule has 7 nitrogen and oxygen atoms in total. The first-order valence-corrected chi connectivity index (χ1v) is 6.13. The standard InChI is InChI=1S/C13H17N5O2/c1-17(11-4-3-5-12(6-11)20-2)13(19)9-18-8-10(7-14)15-16-18/h3-6,8H,7,9,14H2,1-2H3. The van der Waals surface area contributed by atoms with Gasteiger partial charge in [0.2, 0.25) is 5.91 Å². The van der Waals surface area contributed by atoms with Crippen LogP contribution in [0.1, 0.15) is 5.69 Å². The van der Waals surface area contributed by atoms with Crippen molar-refractivity contribution < 1.29 is 9.53 Å². The van der Waals surface area contributed by atoms with E-state index in [-0.39, 0.29) is 12.5 Å². The van der Waals surface area contributed by atoms with Crippen LogP contribution in [0.4, 0.5) is 5.69 Å². The van der Waals surface area contributed by atoms with E-state index in [2.05, 4.69) is 10.3 Å². The molecule has 2 rings (SSSR count). The number of carbonyl (C=O) groups is 1. The Kier molecular flexibility index (Phi) is 4.31. The number of ether oxygens (including phenoxy) is 1. The Bertz CT molecular complexity index is 596. The smallest absolute Gasteiger partial charge is 0.248 e. The Morgan fingerprint density at radius 3 is 2.95 bits per heavy atom. The molecule has 0 aliphatic carbocycles. The summed E-state index contributed by atoms with van der Waals surface area (Å²) in [5, 5.41) is 7.70. The van der Waals surface area contributed by atoms with E-state index in [1.165, 1.54) is 4.68 Å². The predicted octanol–water partition coefficient (Wildman–Crippen LogP) is 0.408. The summed E-state index contributed by atoms with van der Waals surface area (Å²) in [6.07, 6.45) is 1.66. The summed E-state index contributed by atoms with van der Waals surface area (Å²) in [6.45, 7) is 0.417. The average Bonchev–Trinajstić information content (AvgIpc) is 2.94. The van der Waals surface area contributed by atoms with Gasteiger partial charge in [-0.25, -0.2) is 4.68 Å². The van der Waals surface area contributed by atoms with Crippen molar-refractivity contribution >= 4 is 11.6 Å². The monoisotopic (exact) mass is 275 g/mol. The zero-order chi connectivity index (χ0) is 14.5. The maximum atomic E-state index is 12.2. The van der Waals surface area contributed by atoms with Crippen molar-refractivity contribution in [3.05, 3.63) is 36.2 Å². The second kappa shape index (κ2) is 6.16. The zero-order valence-corrected chi connectivity index (χ0v) is 11.5. The molecule has 1 aromatic heterocycles. The Morgan fingerprint density at radius 1 is 1.50 bits per heavy atom. The molecule has 0 atom stereocenters. The predicted molar refractivity (Wildman–Crippen MR) is 74.3 cm³/mol. The minimum atomic E-state index is -0.105. The Labute approximate surface area is 116 Å².